The van der Waals surface area contributed by atoms with Gasteiger partial charge in [-0.05, 0) is 53.1 Å². The minimum atomic E-state index is 0.619. The lowest BCUT2D eigenvalue weighted by Gasteiger charge is -2.20. The van der Waals surface area contributed by atoms with Crippen LogP contribution in [0.15, 0.2) is 6.33 Å². The van der Waals surface area contributed by atoms with E-state index in [1.54, 1.807) is 6.33 Å². The third-order valence-electron chi connectivity index (χ3n) is 3.74. The van der Waals surface area contributed by atoms with Gasteiger partial charge in [0.1, 0.15) is 12.1 Å². The molecule has 0 fully saturated rings. The van der Waals surface area contributed by atoms with Gasteiger partial charge < -0.3 is 10.2 Å². The summed E-state index contributed by atoms with van der Waals surface area (Å²) in [5, 5.41) is 3.46. The monoisotopic (exact) mass is 248 g/mol. The number of rotatable bonds is 6. The molecule has 100 valence electrons. The lowest BCUT2D eigenvalue weighted by atomic mass is 10.2. The third kappa shape index (κ3) is 3.19. The highest BCUT2D eigenvalue weighted by atomic mass is 15.1. The number of nitrogens with zero attached hydrogens (tertiary/aromatic N) is 3. The van der Waals surface area contributed by atoms with Crippen molar-refractivity contribution in [2.45, 2.75) is 45.6 Å². The Morgan fingerprint density at radius 1 is 1.33 bits per heavy atom. The minimum absolute atomic E-state index is 0.619. The molecule has 1 N–H and O–H groups in total. The van der Waals surface area contributed by atoms with E-state index in [0.29, 0.717) is 6.04 Å². The van der Waals surface area contributed by atoms with E-state index in [9.17, 15) is 0 Å². The SMILES string of the molecule is CC(C)N(C)CCCNc1ncnc2c1CCC2. The Morgan fingerprint density at radius 3 is 2.94 bits per heavy atom. The summed E-state index contributed by atoms with van der Waals surface area (Å²) in [7, 11) is 2.17. The van der Waals surface area contributed by atoms with E-state index < -0.39 is 0 Å². The molecule has 1 aromatic rings. The van der Waals surface area contributed by atoms with Crippen LogP contribution in [0.1, 0.15) is 37.9 Å². The number of aryl methyl sites for hydroxylation is 1. The molecule has 4 heteroatoms. The van der Waals surface area contributed by atoms with Gasteiger partial charge >= 0.3 is 0 Å². The average molecular weight is 248 g/mol. The summed E-state index contributed by atoms with van der Waals surface area (Å²) in [4.78, 5) is 11.1. The van der Waals surface area contributed by atoms with Crippen LogP contribution in [-0.4, -0.2) is 41.0 Å². The van der Waals surface area contributed by atoms with Crippen LogP contribution in [-0.2, 0) is 12.8 Å². The fraction of sp³-hybridized carbons (Fsp3) is 0.714. The van der Waals surface area contributed by atoms with Gasteiger partial charge in [0.15, 0.2) is 0 Å². The van der Waals surface area contributed by atoms with Crippen molar-refractivity contribution >= 4 is 5.82 Å². The molecule has 0 bridgehead atoms. The molecule has 0 atom stereocenters. The molecule has 4 nitrogen and oxygen atoms in total. The van der Waals surface area contributed by atoms with E-state index in [-0.39, 0.29) is 0 Å². The van der Waals surface area contributed by atoms with Crippen LogP contribution in [0.2, 0.25) is 0 Å². The lowest BCUT2D eigenvalue weighted by Crippen LogP contribution is -2.28. The quantitative estimate of drug-likeness (QED) is 0.783. The maximum absolute atomic E-state index is 4.37. The molecule has 1 heterocycles. The number of hydrogen-bond acceptors (Lipinski definition) is 4. The molecule has 0 amide bonds. The minimum Gasteiger partial charge on any atom is -0.370 e. The van der Waals surface area contributed by atoms with Crippen molar-refractivity contribution in [1.82, 2.24) is 14.9 Å². The highest BCUT2D eigenvalue weighted by molar-refractivity contribution is 5.47. The first-order valence-corrected chi connectivity index (χ1v) is 6.95. The van der Waals surface area contributed by atoms with Crippen molar-refractivity contribution in [2.75, 3.05) is 25.5 Å². The van der Waals surface area contributed by atoms with Gasteiger partial charge in [0, 0.05) is 23.8 Å². The lowest BCUT2D eigenvalue weighted by molar-refractivity contribution is 0.273. The number of nitrogens with one attached hydrogen (secondary N) is 1. The molecule has 0 spiro atoms. The van der Waals surface area contributed by atoms with Crippen LogP contribution in [0, 0.1) is 0 Å². The predicted octanol–water partition coefficient (Wildman–Crippen LogP) is 2.11. The van der Waals surface area contributed by atoms with Crippen LogP contribution in [0.5, 0.6) is 0 Å². The van der Waals surface area contributed by atoms with Gasteiger partial charge in [-0.3, -0.25) is 0 Å². The van der Waals surface area contributed by atoms with Crippen LogP contribution in [0.4, 0.5) is 5.82 Å². The third-order valence-corrected chi connectivity index (χ3v) is 3.74. The molecule has 0 aliphatic heterocycles. The maximum atomic E-state index is 4.37. The predicted molar refractivity (Wildman–Crippen MR) is 74.9 cm³/mol. The fourth-order valence-electron chi connectivity index (χ4n) is 2.31. The molecule has 1 aromatic heterocycles. The Morgan fingerprint density at radius 2 is 2.17 bits per heavy atom. The molecule has 0 saturated carbocycles. The molecule has 1 aliphatic rings. The van der Waals surface area contributed by atoms with Crippen LogP contribution < -0.4 is 5.32 Å². The number of aromatic nitrogens is 2. The Bertz CT molecular complexity index is 389. The van der Waals surface area contributed by atoms with Crippen LogP contribution in [0.3, 0.4) is 0 Å². The summed E-state index contributed by atoms with van der Waals surface area (Å²) in [6.45, 7) is 6.56. The zero-order chi connectivity index (χ0) is 13.0. The second kappa shape index (κ2) is 6.14. The van der Waals surface area contributed by atoms with E-state index in [1.807, 2.05) is 0 Å². The van der Waals surface area contributed by atoms with Crippen LogP contribution in [0.25, 0.3) is 0 Å². The summed E-state index contributed by atoms with van der Waals surface area (Å²) in [6, 6.07) is 0.619. The zero-order valence-electron chi connectivity index (χ0n) is 11.7. The molecular weight excluding hydrogens is 224 g/mol. The smallest absolute Gasteiger partial charge is 0.132 e. The fourth-order valence-corrected chi connectivity index (χ4v) is 2.31. The van der Waals surface area contributed by atoms with Gasteiger partial charge in [0.05, 0.1) is 0 Å². The first-order chi connectivity index (χ1) is 8.68. The van der Waals surface area contributed by atoms with Gasteiger partial charge in [-0.25, -0.2) is 9.97 Å². The van der Waals surface area contributed by atoms with E-state index in [4.69, 9.17) is 0 Å². The van der Waals surface area contributed by atoms with Crippen molar-refractivity contribution in [3.05, 3.63) is 17.6 Å². The van der Waals surface area contributed by atoms with Crippen molar-refractivity contribution in [3.63, 3.8) is 0 Å². The molecular formula is C14H24N4. The topological polar surface area (TPSA) is 41.0 Å². The Kier molecular flexibility index (Phi) is 4.53. The highest BCUT2D eigenvalue weighted by Crippen LogP contribution is 2.24. The highest BCUT2D eigenvalue weighted by Gasteiger charge is 2.16. The first-order valence-electron chi connectivity index (χ1n) is 6.95. The van der Waals surface area contributed by atoms with Gasteiger partial charge in [-0.2, -0.15) is 0 Å². The Labute approximate surface area is 110 Å². The van der Waals surface area contributed by atoms with Gasteiger partial charge in [-0.15, -0.1) is 0 Å². The molecule has 0 saturated heterocycles. The normalized spacial score (nSPS) is 14.3. The Balaban J connectivity index is 1.79. The van der Waals surface area contributed by atoms with E-state index in [1.165, 1.54) is 17.7 Å². The maximum Gasteiger partial charge on any atom is 0.132 e. The number of anilines is 1. The van der Waals surface area contributed by atoms with Crippen molar-refractivity contribution in [2.24, 2.45) is 0 Å². The molecule has 1 aliphatic carbocycles. The zero-order valence-corrected chi connectivity index (χ0v) is 11.7. The van der Waals surface area contributed by atoms with Crippen LogP contribution >= 0.6 is 0 Å². The van der Waals surface area contributed by atoms with Gasteiger partial charge in [0.25, 0.3) is 0 Å². The standard InChI is InChI=1S/C14H24N4/c1-11(2)18(3)9-5-8-15-14-12-6-4-7-13(12)16-10-17-14/h10-11H,4-9H2,1-3H3,(H,15,16,17). The summed E-state index contributed by atoms with van der Waals surface area (Å²) in [6.07, 6.45) is 6.30. The second-order valence-electron chi connectivity index (χ2n) is 5.36. The largest absolute Gasteiger partial charge is 0.370 e. The van der Waals surface area contributed by atoms with E-state index in [2.05, 4.69) is 41.1 Å². The van der Waals surface area contributed by atoms with Crippen molar-refractivity contribution < 1.29 is 0 Å². The van der Waals surface area contributed by atoms with E-state index >= 15 is 0 Å². The van der Waals surface area contributed by atoms with Crippen molar-refractivity contribution in [3.8, 4) is 0 Å². The molecule has 0 radical (unpaired) electrons. The van der Waals surface area contributed by atoms with E-state index in [0.717, 1.165) is 38.2 Å². The summed E-state index contributed by atoms with van der Waals surface area (Å²) >= 11 is 0. The molecule has 0 aromatic carbocycles. The summed E-state index contributed by atoms with van der Waals surface area (Å²) in [5.74, 6) is 1.06. The number of hydrogen-bond donors (Lipinski definition) is 1. The summed E-state index contributed by atoms with van der Waals surface area (Å²) < 4.78 is 0. The Hall–Kier alpha value is -1.16. The first kappa shape index (κ1) is 13.3. The van der Waals surface area contributed by atoms with Gasteiger partial charge in [-0.1, -0.05) is 0 Å². The van der Waals surface area contributed by atoms with Crippen molar-refractivity contribution in [1.29, 1.82) is 0 Å². The van der Waals surface area contributed by atoms with Gasteiger partial charge in [0.2, 0.25) is 0 Å². The molecule has 0 unspecified atom stereocenters. The summed E-state index contributed by atoms with van der Waals surface area (Å²) in [5.41, 5.74) is 2.58. The molecule has 2 rings (SSSR count). The average Bonchev–Trinajstić information content (AvgIpc) is 2.83. The molecule has 18 heavy (non-hydrogen) atoms. The second-order valence-corrected chi connectivity index (χ2v) is 5.36. The number of fused-ring (bicyclic) bond motifs is 1.